The second-order valence-electron chi connectivity index (χ2n) is 6.53. The van der Waals surface area contributed by atoms with Crippen molar-refractivity contribution in [3.05, 3.63) is 53.7 Å². The molecule has 0 fully saturated rings. The molecule has 1 atom stereocenters. The summed E-state index contributed by atoms with van der Waals surface area (Å²) in [6, 6.07) is 12.3. The van der Waals surface area contributed by atoms with Gasteiger partial charge in [-0.3, -0.25) is 4.79 Å². The molecule has 2 heterocycles. The fourth-order valence-electron chi connectivity index (χ4n) is 3.05. The van der Waals surface area contributed by atoms with Crippen molar-refractivity contribution in [2.45, 2.75) is 33.2 Å². The molecule has 120 valence electrons. The van der Waals surface area contributed by atoms with Crippen LogP contribution < -0.4 is 10.2 Å². The van der Waals surface area contributed by atoms with Gasteiger partial charge in [0.25, 0.3) is 5.91 Å². The molecule has 1 aliphatic rings. The van der Waals surface area contributed by atoms with Crippen LogP contribution in [0, 0.1) is 5.92 Å². The van der Waals surface area contributed by atoms with E-state index in [2.05, 4.69) is 54.2 Å². The molecule has 3 rings (SSSR count). The van der Waals surface area contributed by atoms with Gasteiger partial charge in [0.2, 0.25) is 0 Å². The molecule has 4 nitrogen and oxygen atoms in total. The molecule has 0 saturated heterocycles. The molecule has 1 aromatic heterocycles. The monoisotopic (exact) mass is 309 g/mol. The highest BCUT2D eigenvalue weighted by Gasteiger charge is 2.30. The molecule has 1 amide bonds. The van der Waals surface area contributed by atoms with Gasteiger partial charge in [-0.05, 0) is 43.0 Å². The zero-order valence-corrected chi connectivity index (χ0v) is 13.9. The second-order valence-corrected chi connectivity index (χ2v) is 6.53. The molecule has 2 aromatic rings. The number of para-hydroxylation sites is 1. The molecule has 0 spiro atoms. The van der Waals surface area contributed by atoms with Gasteiger partial charge in [-0.15, -0.1) is 0 Å². The third-order valence-electron chi connectivity index (χ3n) is 4.14. The summed E-state index contributed by atoms with van der Waals surface area (Å²) in [6.45, 7) is 7.01. The Morgan fingerprint density at radius 2 is 2.09 bits per heavy atom. The van der Waals surface area contributed by atoms with Crippen molar-refractivity contribution in [2.24, 2.45) is 5.92 Å². The van der Waals surface area contributed by atoms with E-state index in [0.717, 1.165) is 17.9 Å². The van der Waals surface area contributed by atoms with Gasteiger partial charge in [0.15, 0.2) is 0 Å². The maximum atomic E-state index is 12.6. The van der Waals surface area contributed by atoms with Crippen LogP contribution in [0.3, 0.4) is 0 Å². The van der Waals surface area contributed by atoms with Crippen molar-refractivity contribution >= 4 is 17.4 Å². The van der Waals surface area contributed by atoms with E-state index in [4.69, 9.17) is 0 Å². The number of nitrogens with one attached hydrogen (secondary N) is 1. The molecular weight excluding hydrogens is 286 g/mol. The molecule has 0 bridgehead atoms. The molecule has 23 heavy (non-hydrogen) atoms. The average molecular weight is 309 g/mol. The van der Waals surface area contributed by atoms with Crippen molar-refractivity contribution in [3.63, 3.8) is 0 Å². The zero-order chi connectivity index (χ0) is 16.4. The Morgan fingerprint density at radius 3 is 2.87 bits per heavy atom. The summed E-state index contributed by atoms with van der Waals surface area (Å²) in [5.41, 5.74) is 3.09. The number of benzene rings is 1. The van der Waals surface area contributed by atoms with Crippen molar-refractivity contribution in [1.29, 1.82) is 0 Å². The third-order valence-corrected chi connectivity index (χ3v) is 4.14. The molecule has 1 aliphatic heterocycles. The first-order valence-corrected chi connectivity index (χ1v) is 8.18. The Hall–Kier alpha value is -2.36. The summed E-state index contributed by atoms with van der Waals surface area (Å²) in [5, 5.41) is 3.00. The number of hydrogen-bond acceptors (Lipinski definition) is 3. The van der Waals surface area contributed by atoms with Crippen LogP contribution in [0.25, 0.3) is 0 Å². The van der Waals surface area contributed by atoms with Gasteiger partial charge in [-0.2, -0.15) is 0 Å². The minimum Gasteiger partial charge on any atom is -0.352 e. The van der Waals surface area contributed by atoms with Crippen LogP contribution in [0.5, 0.6) is 0 Å². The number of hydrogen-bond donors (Lipinski definition) is 1. The summed E-state index contributed by atoms with van der Waals surface area (Å²) >= 11 is 0. The van der Waals surface area contributed by atoms with Crippen LogP contribution in [0.15, 0.2) is 42.6 Å². The predicted molar refractivity (Wildman–Crippen MR) is 93.2 cm³/mol. The minimum atomic E-state index is -0.0571. The number of anilines is 2. The lowest BCUT2D eigenvalue weighted by molar-refractivity contribution is 0.0949. The van der Waals surface area contributed by atoms with Gasteiger partial charge in [-0.25, -0.2) is 4.98 Å². The SMILES string of the molecule is CC(C)CNC(=O)c1cccnc1N1c2ccccc2CC1C. The molecule has 0 aliphatic carbocycles. The Bertz CT molecular complexity index is 711. The zero-order valence-electron chi connectivity index (χ0n) is 13.9. The van der Waals surface area contributed by atoms with Gasteiger partial charge in [0.05, 0.1) is 5.56 Å². The largest absolute Gasteiger partial charge is 0.352 e. The number of nitrogens with zero attached hydrogens (tertiary/aromatic N) is 2. The number of amides is 1. The first kappa shape index (κ1) is 15.5. The third kappa shape index (κ3) is 3.07. The van der Waals surface area contributed by atoms with Gasteiger partial charge in [0, 0.05) is 24.5 Å². The number of rotatable bonds is 4. The smallest absolute Gasteiger partial charge is 0.255 e. The normalized spacial score (nSPS) is 16.5. The lowest BCUT2D eigenvalue weighted by Gasteiger charge is -2.25. The summed E-state index contributed by atoms with van der Waals surface area (Å²) in [6.07, 6.45) is 2.72. The lowest BCUT2D eigenvalue weighted by atomic mass is 10.1. The number of carbonyl (C=O) groups excluding carboxylic acids is 1. The van der Waals surface area contributed by atoms with Crippen molar-refractivity contribution in [2.75, 3.05) is 11.4 Å². The van der Waals surface area contributed by atoms with E-state index in [9.17, 15) is 4.79 Å². The molecule has 1 N–H and O–H groups in total. The summed E-state index contributed by atoms with van der Waals surface area (Å²) in [4.78, 5) is 19.3. The highest BCUT2D eigenvalue weighted by molar-refractivity contribution is 6.00. The van der Waals surface area contributed by atoms with E-state index in [1.54, 1.807) is 6.20 Å². The lowest BCUT2D eigenvalue weighted by Crippen LogP contribution is -2.31. The van der Waals surface area contributed by atoms with Crippen molar-refractivity contribution in [1.82, 2.24) is 10.3 Å². The fraction of sp³-hybridized carbons (Fsp3) is 0.368. The number of aromatic nitrogens is 1. The number of fused-ring (bicyclic) bond motifs is 1. The Balaban J connectivity index is 1.96. The average Bonchev–Trinajstić information content (AvgIpc) is 2.88. The molecule has 4 heteroatoms. The van der Waals surface area contributed by atoms with E-state index in [-0.39, 0.29) is 5.91 Å². The van der Waals surface area contributed by atoms with E-state index in [1.165, 1.54) is 5.56 Å². The minimum absolute atomic E-state index is 0.0571. The van der Waals surface area contributed by atoms with Crippen molar-refractivity contribution in [3.8, 4) is 0 Å². The molecule has 0 saturated carbocycles. The van der Waals surface area contributed by atoms with Crippen LogP contribution >= 0.6 is 0 Å². The van der Waals surface area contributed by atoms with Crippen molar-refractivity contribution < 1.29 is 4.79 Å². The summed E-state index contributed by atoms with van der Waals surface area (Å²) in [7, 11) is 0. The Labute approximate surface area is 137 Å². The maximum absolute atomic E-state index is 12.6. The molecule has 1 unspecified atom stereocenters. The predicted octanol–water partition coefficient (Wildman–Crippen LogP) is 3.55. The quantitative estimate of drug-likeness (QED) is 0.939. The number of carbonyl (C=O) groups is 1. The van der Waals surface area contributed by atoms with Gasteiger partial charge < -0.3 is 10.2 Å². The van der Waals surface area contributed by atoms with E-state index in [1.807, 2.05) is 18.2 Å². The van der Waals surface area contributed by atoms with Gasteiger partial charge >= 0.3 is 0 Å². The van der Waals surface area contributed by atoms with Crippen LogP contribution in [-0.2, 0) is 6.42 Å². The molecular formula is C19H23N3O. The highest BCUT2D eigenvalue weighted by Crippen LogP contribution is 2.38. The Morgan fingerprint density at radius 1 is 1.30 bits per heavy atom. The number of pyridine rings is 1. The molecule has 0 radical (unpaired) electrons. The first-order chi connectivity index (χ1) is 11.1. The van der Waals surface area contributed by atoms with E-state index < -0.39 is 0 Å². The van der Waals surface area contributed by atoms with E-state index >= 15 is 0 Å². The highest BCUT2D eigenvalue weighted by atomic mass is 16.1. The molecule has 1 aromatic carbocycles. The van der Waals surface area contributed by atoms with E-state index in [0.29, 0.717) is 24.1 Å². The van der Waals surface area contributed by atoms with Gasteiger partial charge in [-0.1, -0.05) is 32.0 Å². The fourth-order valence-corrected chi connectivity index (χ4v) is 3.05. The van der Waals surface area contributed by atoms with Crippen LogP contribution in [-0.4, -0.2) is 23.5 Å². The van der Waals surface area contributed by atoms with Crippen LogP contribution in [0.2, 0.25) is 0 Å². The van der Waals surface area contributed by atoms with Crippen LogP contribution in [0.4, 0.5) is 11.5 Å². The maximum Gasteiger partial charge on any atom is 0.255 e. The standard InChI is InChI=1S/C19H23N3O/c1-13(2)12-21-19(23)16-8-6-10-20-18(16)22-14(3)11-15-7-4-5-9-17(15)22/h4-10,13-14H,11-12H2,1-3H3,(H,21,23). The second kappa shape index (κ2) is 6.41. The summed E-state index contributed by atoms with van der Waals surface area (Å²) < 4.78 is 0. The summed E-state index contributed by atoms with van der Waals surface area (Å²) in [5.74, 6) is 1.11. The van der Waals surface area contributed by atoms with Gasteiger partial charge in [0.1, 0.15) is 5.82 Å². The first-order valence-electron chi connectivity index (χ1n) is 8.18. The topological polar surface area (TPSA) is 45.2 Å². The van der Waals surface area contributed by atoms with Crippen LogP contribution in [0.1, 0.15) is 36.7 Å². The Kier molecular flexibility index (Phi) is 4.33.